The fourth-order valence-electron chi connectivity index (χ4n) is 12.8. The van der Waals surface area contributed by atoms with Crippen LogP contribution in [-0.2, 0) is 23.7 Å². The molecule has 12 unspecified atom stereocenters. The van der Waals surface area contributed by atoms with Gasteiger partial charge in [0.05, 0.1) is 32.0 Å². The van der Waals surface area contributed by atoms with Crippen molar-refractivity contribution in [3.63, 3.8) is 0 Å². The van der Waals surface area contributed by atoms with Gasteiger partial charge in [0.25, 0.3) is 0 Å². The molecule has 0 bridgehead atoms. The molecule has 516 valence electrons. The van der Waals surface area contributed by atoms with Crippen molar-refractivity contribution in [1.29, 1.82) is 0 Å². The Hall–Kier alpha value is -1.27. The zero-order valence-corrected chi connectivity index (χ0v) is 56.3. The lowest BCUT2D eigenvalue weighted by Crippen LogP contribution is -2.65. The third kappa shape index (κ3) is 42.6. The maximum Gasteiger partial charge on any atom is 0.220 e. The summed E-state index contributed by atoms with van der Waals surface area (Å²) in [5, 5.41) is 87.4. The van der Waals surface area contributed by atoms with Crippen LogP contribution in [0.3, 0.4) is 0 Å². The number of amides is 1. The van der Waals surface area contributed by atoms with E-state index in [9.17, 15) is 45.6 Å². The molecular weight excluding hydrogens is 1100 g/mol. The third-order valence-corrected chi connectivity index (χ3v) is 18.7. The minimum absolute atomic E-state index is 0.231. The van der Waals surface area contributed by atoms with Crippen LogP contribution < -0.4 is 5.32 Å². The van der Waals surface area contributed by atoms with Gasteiger partial charge in [0.1, 0.15) is 48.8 Å². The smallest absolute Gasteiger partial charge is 0.220 e. The first-order chi connectivity index (χ1) is 42.6. The molecule has 2 saturated heterocycles. The molecule has 2 aliphatic heterocycles. The summed E-state index contributed by atoms with van der Waals surface area (Å²) in [5.41, 5.74) is 0. The van der Waals surface area contributed by atoms with Gasteiger partial charge in [-0.25, -0.2) is 0 Å². The first kappa shape index (κ1) is 81.8. The van der Waals surface area contributed by atoms with Gasteiger partial charge in [-0.2, -0.15) is 0 Å². The van der Waals surface area contributed by atoms with Gasteiger partial charge in [-0.3, -0.25) is 4.79 Å². The Morgan fingerprint density at radius 1 is 0.402 bits per heavy atom. The number of ether oxygens (including phenoxy) is 4. The van der Waals surface area contributed by atoms with Crippen LogP contribution in [0.25, 0.3) is 0 Å². The summed E-state index contributed by atoms with van der Waals surface area (Å²) in [6.45, 7) is 2.86. The van der Waals surface area contributed by atoms with E-state index < -0.39 is 86.8 Å². The highest BCUT2D eigenvalue weighted by Crippen LogP contribution is 2.30. The number of rotatable bonds is 63. The molecule has 12 atom stereocenters. The fraction of sp³-hybridized carbons (Fsp3) is 0.959. The van der Waals surface area contributed by atoms with E-state index in [1.54, 1.807) is 6.08 Å². The van der Waals surface area contributed by atoms with E-state index in [-0.39, 0.29) is 18.9 Å². The van der Waals surface area contributed by atoms with Crippen LogP contribution in [0, 0.1) is 0 Å². The van der Waals surface area contributed by atoms with Crippen molar-refractivity contribution in [3.8, 4) is 0 Å². The molecule has 87 heavy (non-hydrogen) atoms. The predicted molar refractivity (Wildman–Crippen MR) is 355 cm³/mol. The number of allylic oxidation sites excluding steroid dienone is 1. The maximum absolute atomic E-state index is 13.3. The van der Waals surface area contributed by atoms with E-state index >= 15 is 0 Å². The zero-order chi connectivity index (χ0) is 63.1. The molecule has 0 aromatic heterocycles. The normalized spacial score (nSPS) is 23.2. The van der Waals surface area contributed by atoms with Crippen LogP contribution >= 0.6 is 0 Å². The summed E-state index contributed by atoms with van der Waals surface area (Å²) < 4.78 is 22.9. The quantitative estimate of drug-likeness (QED) is 0.0204. The van der Waals surface area contributed by atoms with E-state index in [4.69, 9.17) is 18.9 Å². The minimum Gasteiger partial charge on any atom is -0.394 e. The molecule has 0 spiro atoms. The highest BCUT2D eigenvalue weighted by atomic mass is 16.7. The van der Waals surface area contributed by atoms with Gasteiger partial charge in [0, 0.05) is 6.42 Å². The van der Waals surface area contributed by atoms with Crippen molar-refractivity contribution in [2.75, 3.05) is 19.8 Å². The first-order valence-corrected chi connectivity index (χ1v) is 37.4. The van der Waals surface area contributed by atoms with Gasteiger partial charge in [-0.15, -0.1) is 0 Å². The zero-order valence-electron chi connectivity index (χ0n) is 56.3. The highest BCUT2D eigenvalue weighted by Gasteiger charge is 2.51. The molecule has 2 fully saturated rings. The molecule has 1 amide bonds. The van der Waals surface area contributed by atoms with E-state index in [1.165, 1.54) is 289 Å². The second-order valence-electron chi connectivity index (χ2n) is 26.8. The Morgan fingerprint density at radius 2 is 0.713 bits per heavy atom. The Morgan fingerprint density at radius 3 is 1.06 bits per heavy atom. The fourth-order valence-corrected chi connectivity index (χ4v) is 12.8. The predicted octanol–water partition coefficient (Wildman–Crippen LogP) is 15.7. The van der Waals surface area contributed by atoms with E-state index in [0.29, 0.717) is 0 Å². The molecule has 0 saturated carbocycles. The maximum atomic E-state index is 13.3. The van der Waals surface area contributed by atoms with Gasteiger partial charge >= 0.3 is 0 Å². The molecular formula is C73H141NO13. The number of aliphatic hydroxyl groups excluding tert-OH is 8. The minimum atomic E-state index is -1.79. The van der Waals surface area contributed by atoms with Crippen molar-refractivity contribution in [2.24, 2.45) is 0 Å². The standard InChI is InChI=1S/C73H141NO13/c1-3-5-7-9-11-13-15-17-19-21-22-23-24-25-26-27-28-29-30-31-32-33-34-35-36-37-38-39-41-43-45-47-49-51-53-55-57-65(78)74-61(62(77)56-54-52-50-48-46-44-42-40-20-18-16-14-12-10-8-6-4-2)60-84-72-70(83)68(81)71(64(59-76)86-72)87-73-69(82)67(80)66(79)63(58-75)85-73/h54,56,61-64,66-73,75-77,79-83H,3-53,55,57-60H2,1-2H3,(H,74,78)/b56-54+. The van der Waals surface area contributed by atoms with Gasteiger partial charge in [-0.1, -0.05) is 341 Å². The van der Waals surface area contributed by atoms with Gasteiger partial charge in [0.15, 0.2) is 12.6 Å². The number of hydrogen-bond donors (Lipinski definition) is 9. The molecule has 2 rings (SSSR count). The van der Waals surface area contributed by atoms with E-state index in [0.717, 1.165) is 44.9 Å². The SMILES string of the molecule is CCCCCCCCCCCCCCCCC/C=C/C(O)C(COC1OC(CO)C(OC2OC(CO)C(O)C(O)C2O)C(O)C1O)NC(=O)CCCCCCCCCCCCCCCCCCCCCCCCCCCCCCCCCCCCCC. The molecule has 2 aliphatic rings. The third-order valence-electron chi connectivity index (χ3n) is 18.7. The first-order valence-electron chi connectivity index (χ1n) is 37.4. The molecule has 0 radical (unpaired) electrons. The molecule has 0 aromatic carbocycles. The summed E-state index contributed by atoms with van der Waals surface area (Å²) in [7, 11) is 0. The van der Waals surface area contributed by atoms with E-state index in [1.807, 2.05) is 6.08 Å². The number of hydrogen-bond acceptors (Lipinski definition) is 13. The summed E-state index contributed by atoms with van der Waals surface area (Å²) in [6.07, 6.45) is 55.8. The largest absolute Gasteiger partial charge is 0.394 e. The molecule has 2 heterocycles. The Balaban J connectivity index is 1.58. The Kier molecular flexibility index (Phi) is 55.1. The number of carbonyl (C=O) groups is 1. The van der Waals surface area contributed by atoms with Crippen LogP contribution in [0.2, 0.25) is 0 Å². The van der Waals surface area contributed by atoms with Crippen LogP contribution in [0.1, 0.15) is 354 Å². The second-order valence-corrected chi connectivity index (χ2v) is 26.8. The number of carbonyl (C=O) groups excluding carboxylic acids is 1. The number of aliphatic hydroxyl groups is 8. The second kappa shape index (κ2) is 58.5. The van der Waals surface area contributed by atoms with Crippen LogP contribution in [0.15, 0.2) is 12.2 Å². The Labute approximate surface area is 533 Å². The summed E-state index contributed by atoms with van der Waals surface area (Å²) in [4.78, 5) is 13.3. The Bertz CT molecular complexity index is 1510. The lowest BCUT2D eigenvalue weighted by molar-refractivity contribution is -0.359. The average molecular weight is 1240 g/mol. The van der Waals surface area contributed by atoms with Gasteiger partial charge < -0.3 is 65.1 Å². The summed E-state index contributed by atoms with van der Waals surface area (Å²) in [5.74, 6) is -0.231. The lowest BCUT2D eigenvalue weighted by Gasteiger charge is -2.46. The average Bonchev–Trinajstić information content (AvgIpc) is 2.34. The van der Waals surface area contributed by atoms with Crippen LogP contribution in [0.4, 0.5) is 0 Å². The summed E-state index contributed by atoms with van der Waals surface area (Å²) in [6, 6.07) is -0.911. The summed E-state index contributed by atoms with van der Waals surface area (Å²) >= 11 is 0. The van der Waals surface area contributed by atoms with Gasteiger partial charge in [0.2, 0.25) is 5.91 Å². The van der Waals surface area contributed by atoms with E-state index in [2.05, 4.69) is 19.2 Å². The highest BCUT2D eigenvalue weighted by molar-refractivity contribution is 5.76. The van der Waals surface area contributed by atoms with Crippen molar-refractivity contribution in [3.05, 3.63) is 12.2 Å². The molecule has 0 aliphatic carbocycles. The molecule has 0 aromatic rings. The van der Waals surface area contributed by atoms with Gasteiger partial charge in [-0.05, 0) is 19.3 Å². The molecule has 9 N–H and O–H groups in total. The molecule has 14 heteroatoms. The lowest BCUT2D eigenvalue weighted by atomic mass is 9.97. The molecule has 14 nitrogen and oxygen atoms in total. The van der Waals surface area contributed by atoms with Crippen molar-refractivity contribution >= 4 is 5.91 Å². The van der Waals surface area contributed by atoms with Crippen molar-refractivity contribution < 1.29 is 64.6 Å². The van der Waals surface area contributed by atoms with Crippen molar-refractivity contribution in [2.45, 2.75) is 428 Å². The van der Waals surface area contributed by atoms with Crippen LogP contribution in [-0.4, -0.2) is 140 Å². The number of nitrogens with one attached hydrogen (secondary N) is 1. The monoisotopic (exact) mass is 1240 g/mol. The van der Waals surface area contributed by atoms with Crippen LogP contribution in [0.5, 0.6) is 0 Å². The topological polar surface area (TPSA) is 228 Å². The number of unbranched alkanes of at least 4 members (excludes halogenated alkanes) is 50. The van der Waals surface area contributed by atoms with Crippen molar-refractivity contribution in [1.82, 2.24) is 5.32 Å².